The van der Waals surface area contributed by atoms with Crippen molar-refractivity contribution >= 4 is 5.91 Å². The van der Waals surface area contributed by atoms with Crippen LogP contribution in [0, 0.1) is 11.6 Å². The molecule has 110 valence electrons. The molecule has 0 bridgehead atoms. The molecule has 0 fully saturated rings. The standard InChI is InChI=1S/C16H15F2NO2/c17-12-6-7-15(18)14(9-12)16(21)19-13(10-20)8-11-4-2-1-3-5-11/h1-7,9,13,20H,8,10H2,(H,19,21)/t13-/m0/s1. The Morgan fingerprint density at radius 1 is 1.14 bits per heavy atom. The van der Waals surface area contributed by atoms with E-state index in [1.807, 2.05) is 30.3 Å². The van der Waals surface area contributed by atoms with Crippen molar-refractivity contribution in [3.05, 3.63) is 71.3 Å². The zero-order valence-corrected chi connectivity index (χ0v) is 11.2. The minimum Gasteiger partial charge on any atom is -0.394 e. The molecule has 0 aliphatic rings. The summed E-state index contributed by atoms with van der Waals surface area (Å²) in [5, 5.41) is 11.8. The van der Waals surface area contributed by atoms with Crippen LogP contribution in [-0.2, 0) is 6.42 Å². The number of hydrogen-bond acceptors (Lipinski definition) is 2. The van der Waals surface area contributed by atoms with E-state index in [9.17, 15) is 18.7 Å². The topological polar surface area (TPSA) is 49.3 Å². The molecule has 3 nitrogen and oxygen atoms in total. The highest BCUT2D eigenvalue weighted by Gasteiger charge is 2.17. The molecule has 0 spiro atoms. The largest absolute Gasteiger partial charge is 0.394 e. The van der Waals surface area contributed by atoms with Crippen molar-refractivity contribution in [3.8, 4) is 0 Å². The number of nitrogens with one attached hydrogen (secondary N) is 1. The number of rotatable bonds is 5. The van der Waals surface area contributed by atoms with Gasteiger partial charge in [-0.15, -0.1) is 0 Å². The fourth-order valence-corrected chi connectivity index (χ4v) is 1.99. The molecule has 0 aliphatic heterocycles. The second-order valence-electron chi connectivity index (χ2n) is 4.67. The van der Waals surface area contributed by atoms with Crippen LogP contribution in [0.2, 0.25) is 0 Å². The third-order valence-electron chi connectivity index (χ3n) is 3.05. The van der Waals surface area contributed by atoms with Crippen molar-refractivity contribution in [3.63, 3.8) is 0 Å². The van der Waals surface area contributed by atoms with Crippen molar-refractivity contribution in [1.29, 1.82) is 0 Å². The first-order valence-corrected chi connectivity index (χ1v) is 6.51. The van der Waals surface area contributed by atoms with Crippen LogP contribution < -0.4 is 5.32 Å². The third-order valence-corrected chi connectivity index (χ3v) is 3.05. The maximum absolute atomic E-state index is 13.5. The average molecular weight is 291 g/mol. The zero-order valence-electron chi connectivity index (χ0n) is 11.2. The minimum absolute atomic E-state index is 0.294. The maximum atomic E-state index is 13.5. The van der Waals surface area contributed by atoms with E-state index in [0.29, 0.717) is 6.42 Å². The Kier molecular flexibility index (Phi) is 5.00. The molecule has 2 aromatic carbocycles. The number of hydrogen-bond donors (Lipinski definition) is 2. The molecule has 2 N–H and O–H groups in total. The number of aliphatic hydroxyl groups excluding tert-OH is 1. The molecule has 0 aliphatic carbocycles. The van der Waals surface area contributed by atoms with Gasteiger partial charge in [-0.05, 0) is 30.2 Å². The molecule has 5 heteroatoms. The van der Waals surface area contributed by atoms with Crippen LogP contribution in [0.5, 0.6) is 0 Å². The van der Waals surface area contributed by atoms with Crippen LogP contribution >= 0.6 is 0 Å². The Morgan fingerprint density at radius 3 is 2.52 bits per heavy atom. The summed E-state index contributed by atoms with van der Waals surface area (Å²) in [5.41, 5.74) is 0.554. The van der Waals surface area contributed by atoms with Gasteiger partial charge in [0.15, 0.2) is 0 Å². The number of carbonyl (C=O) groups is 1. The molecule has 2 aromatic rings. The summed E-state index contributed by atoms with van der Waals surface area (Å²) in [6.07, 6.45) is 0.403. The molecular formula is C16H15F2NO2. The van der Waals surface area contributed by atoms with Crippen molar-refractivity contribution in [1.82, 2.24) is 5.32 Å². The molecule has 2 rings (SSSR count). The lowest BCUT2D eigenvalue weighted by Crippen LogP contribution is -2.39. The van der Waals surface area contributed by atoms with Crippen molar-refractivity contribution in [2.24, 2.45) is 0 Å². The van der Waals surface area contributed by atoms with Crippen LogP contribution in [0.3, 0.4) is 0 Å². The summed E-state index contributed by atoms with van der Waals surface area (Å²) >= 11 is 0. The van der Waals surface area contributed by atoms with Crippen molar-refractivity contribution in [2.75, 3.05) is 6.61 Å². The molecule has 0 aromatic heterocycles. The summed E-state index contributed by atoms with van der Waals surface area (Å²) in [6.45, 7) is -0.294. The van der Waals surface area contributed by atoms with Gasteiger partial charge in [0.25, 0.3) is 5.91 Å². The van der Waals surface area contributed by atoms with Gasteiger partial charge in [-0.1, -0.05) is 30.3 Å². The number of benzene rings is 2. The van der Waals surface area contributed by atoms with E-state index in [-0.39, 0.29) is 12.2 Å². The van der Waals surface area contributed by atoms with Gasteiger partial charge in [-0.3, -0.25) is 4.79 Å². The van der Waals surface area contributed by atoms with Crippen LogP contribution in [0.25, 0.3) is 0 Å². The highest BCUT2D eigenvalue weighted by Crippen LogP contribution is 2.10. The highest BCUT2D eigenvalue weighted by molar-refractivity contribution is 5.94. The Balaban J connectivity index is 2.07. The fraction of sp³-hybridized carbons (Fsp3) is 0.188. The predicted molar refractivity (Wildman–Crippen MR) is 74.8 cm³/mol. The van der Waals surface area contributed by atoms with E-state index in [1.54, 1.807) is 0 Å². The molecule has 21 heavy (non-hydrogen) atoms. The van der Waals surface area contributed by atoms with Crippen LogP contribution in [-0.4, -0.2) is 23.7 Å². The summed E-state index contributed by atoms with van der Waals surface area (Å²) in [7, 11) is 0. The number of amides is 1. The molecule has 0 saturated carbocycles. The molecule has 1 amide bonds. The summed E-state index contributed by atoms with van der Waals surface area (Å²) < 4.78 is 26.6. The summed E-state index contributed by atoms with van der Waals surface area (Å²) in [5.74, 6) is -2.24. The van der Waals surface area contributed by atoms with Gasteiger partial charge in [-0.25, -0.2) is 8.78 Å². The van der Waals surface area contributed by atoms with Gasteiger partial charge in [0.2, 0.25) is 0 Å². The molecule has 0 unspecified atom stereocenters. The lowest BCUT2D eigenvalue weighted by molar-refractivity contribution is 0.0912. The van der Waals surface area contributed by atoms with Gasteiger partial charge >= 0.3 is 0 Å². The fourth-order valence-electron chi connectivity index (χ4n) is 1.99. The van der Waals surface area contributed by atoms with Crippen LogP contribution in [0.1, 0.15) is 15.9 Å². The maximum Gasteiger partial charge on any atom is 0.254 e. The van der Waals surface area contributed by atoms with E-state index in [4.69, 9.17) is 0 Å². The lowest BCUT2D eigenvalue weighted by atomic mass is 10.1. The molecule has 0 saturated heterocycles. The molecule has 0 radical (unpaired) electrons. The highest BCUT2D eigenvalue weighted by atomic mass is 19.1. The second-order valence-corrected chi connectivity index (χ2v) is 4.67. The Morgan fingerprint density at radius 2 is 1.86 bits per heavy atom. The normalized spacial score (nSPS) is 12.0. The Labute approximate surface area is 121 Å². The molecule has 0 heterocycles. The van der Waals surface area contributed by atoms with E-state index < -0.39 is 23.6 Å². The van der Waals surface area contributed by atoms with Crippen molar-refractivity contribution in [2.45, 2.75) is 12.5 Å². The number of halogens is 2. The minimum atomic E-state index is -0.801. The average Bonchev–Trinajstić information content (AvgIpc) is 2.50. The van der Waals surface area contributed by atoms with Crippen LogP contribution in [0.15, 0.2) is 48.5 Å². The number of carbonyl (C=O) groups excluding carboxylic acids is 1. The van der Waals surface area contributed by atoms with Gasteiger partial charge in [0, 0.05) is 0 Å². The molecular weight excluding hydrogens is 276 g/mol. The predicted octanol–water partition coefficient (Wildman–Crippen LogP) is 2.30. The van der Waals surface area contributed by atoms with E-state index >= 15 is 0 Å². The van der Waals surface area contributed by atoms with Gasteiger partial charge < -0.3 is 10.4 Å². The quantitative estimate of drug-likeness (QED) is 0.888. The second kappa shape index (κ2) is 6.95. The van der Waals surface area contributed by atoms with E-state index in [1.165, 1.54) is 0 Å². The Bertz CT molecular complexity index is 617. The van der Waals surface area contributed by atoms with Crippen LogP contribution in [0.4, 0.5) is 8.78 Å². The summed E-state index contributed by atoms with van der Waals surface area (Å²) in [4.78, 5) is 11.9. The zero-order chi connectivity index (χ0) is 15.2. The first-order chi connectivity index (χ1) is 10.1. The summed E-state index contributed by atoms with van der Waals surface area (Å²) in [6, 6.07) is 11.4. The van der Waals surface area contributed by atoms with Gasteiger partial charge in [-0.2, -0.15) is 0 Å². The monoisotopic (exact) mass is 291 g/mol. The number of aliphatic hydroxyl groups is 1. The first kappa shape index (κ1) is 15.1. The van der Waals surface area contributed by atoms with Gasteiger partial charge in [0.1, 0.15) is 11.6 Å². The lowest BCUT2D eigenvalue weighted by Gasteiger charge is -2.16. The van der Waals surface area contributed by atoms with Gasteiger partial charge in [0.05, 0.1) is 18.2 Å². The SMILES string of the molecule is O=C(N[C@H](CO)Cc1ccccc1)c1cc(F)ccc1F. The first-order valence-electron chi connectivity index (χ1n) is 6.51. The van der Waals surface area contributed by atoms with E-state index in [2.05, 4.69) is 5.32 Å². The van der Waals surface area contributed by atoms with Crippen molar-refractivity contribution < 1.29 is 18.7 Å². The molecule has 1 atom stereocenters. The van der Waals surface area contributed by atoms with E-state index in [0.717, 1.165) is 23.8 Å². The smallest absolute Gasteiger partial charge is 0.254 e. The Hall–Kier alpha value is -2.27. The third kappa shape index (κ3) is 4.10.